The summed E-state index contributed by atoms with van der Waals surface area (Å²) in [5, 5.41) is 27.2. The number of halogens is 2. The molecular formula is C25H35F2N5O7. The number of nitrogens with zero attached hydrogens (tertiary/aromatic N) is 3. The van der Waals surface area contributed by atoms with Crippen LogP contribution < -0.4 is 11.0 Å². The van der Waals surface area contributed by atoms with Crippen LogP contribution in [0, 0.1) is 0 Å². The van der Waals surface area contributed by atoms with Crippen LogP contribution in [0.2, 0.25) is 0 Å². The van der Waals surface area contributed by atoms with E-state index in [2.05, 4.69) is 27.4 Å². The molecule has 0 aromatic carbocycles. The van der Waals surface area contributed by atoms with E-state index < -0.39 is 48.5 Å². The van der Waals surface area contributed by atoms with Gasteiger partial charge in [0.1, 0.15) is 17.6 Å². The monoisotopic (exact) mass is 555 g/mol. The highest BCUT2D eigenvalue weighted by Gasteiger charge is 2.59. The highest BCUT2D eigenvalue weighted by Crippen LogP contribution is 2.41. The molecule has 0 radical (unpaired) electrons. The fourth-order valence-electron chi connectivity index (χ4n) is 4.16. The smallest absolute Gasteiger partial charge is 0.358 e. The number of aromatic nitrogens is 4. The van der Waals surface area contributed by atoms with Gasteiger partial charge >= 0.3 is 17.6 Å². The molecule has 12 nitrogen and oxygen atoms in total. The SMILES string of the molecule is CCCCCCCCCCCOC(=O)c1cc(C(=O)Nc2ccn([C@@H]3O[C@H](CO)[C@@H](O)C3(F)F)c(=O)n2)[nH]n1. The van der Waals surface area contributed by atoms with Crippen molar-refractivity contribution in [3.8, 4) is 0 Å². The van der Waals surface area contributed by atoms with Crippen LogP contribution in [-0.2, 0) is 9.47 Å². The highest BCUT2D eigenvalue weighted by atomic mass is 19.3. The Kier molecular flexibility index (Phi) is 11.1. The topological polar surface area (TPSA) is 169 Å². The lowest BCUT2D eigenvalue weighted by atomic mass is 10.1. The van der Waals surface area contributed by atoms with Crippen LogP contribution in [0.1, 0.15) is 91.9 Å². The summed E-state index contributed by atoms with van der Waals surface area (Å²) < 4.78 is 39.2. The highest BCUT2D eigenvalue weighted by molar-refractivity contribution is 6.03. The number of aliphatic hydroxyl groups excluding tert-OH is 2. The summed E-state index contributed by atoms with van der Waals surface area (Å²) in [5.41, 5.74) is -1.40. The van der Waals surface area contributed by atoms with Crippen LogP contribution in [0.4, 0.5) is 14.6 Å². The largest absolute Gasteiger partial charge is 0.461 e. The summed E-state index contributed by atoms with van der Waals surface area (Å²) in [6.45, 7) is 1.55. The van der Waals surface area contributed by atoms with Gasteiger partial charge in [-0.3, -0.25) is 14.5 Å². The van der Waals surface area contributed by atoms with Crippen molar-refractivity contribution in [1.82, 2.24) is 19.7 Å². The number of hydrogen-bond acceptors (Lipinski definition) is 9. The van der Waals surface area contributed by atoms with Crippen molar-refractivity contribution < 1.29 is 38.1 Å². The van der Waals surface area contributed by atoms with Gasteiger partial charge in [-0.2, -0.15) is 18.9 Å². The van der Waals surface area contributed by atoms with Gasteiger partial charge in [-0.15, -0.1) is 0 Å². The van der Waals surface area contributed by atoms with Gasteiger partial charge in [0.05, 0.1) is 13.2 Å². The van der Waals surface area contributed by atoms with Crippen LogP contribution in [-0.4, -0.2) is 73.2 Å². The lowest BCUT2D eigenvalue weighted by Crippen LogP contribution is -2.41. The van der Waals surface area contributed by atoms with Crippen LogP contribution in [0.25, 0.3) is 0 Å². The van der Waals surface area contributed by atoms with E-state index in [4.69, 9.17) is 14.6 Å². The Morgan fingerprint density at radius 2 is 1.85 bits per heavy atom. The van der Waals surface area contributed by atoms with Gasteiger partial charge in [0.25, 0.3) is 5.91 Å². The first-order valence-corrected chi connectivity index (χ1v) is 13.1. The van der Waals surface area contributed by atoms with E-state index in [0.717, 1.165) is 37.9 Å². The van der Waals surface area contributed by atoms with E-state index in [1.807, 2.05) is 0 Å². The summed E-state index contributed by atoms with van der Waals surface area (Å²) >= 11 is 0. The van der Waals surface area contributed by atoms with Gasteiger partial charge in [0, 0.05) is 12.3 Å². The van der Waals surface area contributed by atoms with Crippen molar-refractivity contribution in [3.63, 3.8) is 0 Å². The molecule has 3 rings (SSSR count). The normalized spacial score (nSPS) is 20.2. The number of carbonyl (C=O) groups excluding carboxylic acids is 2. The molecule has 3 heterocycles. The van der Waals surface area contributed by atoms with E-state index in [0.29, 0.717) is 4.57 Å². The Balaban J connectivity index is 1.46. The molecule has 3 atom stereocenters. The summed E-state index contributed by atoms with van der Waals surface area (Å²) in [4.78, 5) is 40.6. The predicted molar refractivity (Wildman–Crippen MR) is 134 cm³/mol. The Morgan fingerprint density at radius 3 is 2.46 bits per heavy atom. The third kappa shape index (κ3) is 7.90. The number of esters is 1. The lowest BCUT2D eigenvalue weighted by molar-refractivity contribution is -0.140. The maximum atomic E-state index is 14.3. The van der Waals surface area contributed by atoms with Crippen molar-refractivity contribution in [3.05, 3.63) is 40.2 Å². The molecule has 1 aliphatic heterocycles. The standard InChI is InChI=1S/C25H35F2N5O7/c1-2-3-4-5-6-7-8-9-10-13-38-22(36)17-14-16(30-31-17)21(35)28-19-11-12-32(24(37)29-19)23-25(26,27)20(34)18(15-33)39-23/h11-12,14,18,20,23,33-34H,2-10,13,15H2,1H3,(H,30,31)(H,28,29,35,37)/t18-,20-,23-/m1/s1. The van der Waals surface area contributed by atoms with Crippen molar-refractivity contribution in [2.75, 3.05) is 18.5 Å². The maximum Gasteiger partial charge on any atom is 0.358 e. The molecule has 0 saturated carbocycles. The molecule has 2 aromatic heterocycles. The van der Waals surface area contributed by atoms with E-state index >= 15 is 0 Å². The van der Waals surface area contributed by atoms with Crippen LogP contribution in [0.3, 0.4) is 0 Å². The van der Waals surface area contributed by atoms with Crippen LogP contribution in [0.5, 0.6) is 0 Å². The molecule has 0 bridgehead atoms. The first-order chi connectivity index (χ1) is 18.7. The molecule has 0 aliphatic carbocycles. The number of amides is 1. The summed E-state index contributed by atoms with van der Waals surface area (Å²) in [7, 11) is 0. The third-order valence-electron chi connectivity index (χ3n) is 6.40. The maximum absolute atomic E-state index is 14.3. The molecular weight excluding hydrogens is 520 g/mol. The number of anilines is 1. The van der Waals surface area contributed by atoms with Gasteiger partial charge < -0.3 is 25.0 Å². The summed E-state index contributed by atoms with van der Waals surface area (Å²) in [6, 6.07) is 2.26. The Bertz CT molecular complexity index is 1160. The van der Waals surface area contributed by atoms with Gasteiger partial charge in [-0.25, -0.2) is 9.59 Å². The van der Waals surface area contributed by atoms with Crippen molar-refractivity contribution in [1.29, 1.82) is 0 Å². The second-order valence-corrected chi connectivity index (χ2v) is 9.42. The van der Waals surface area contributed by atoms with E-state index in [9.17, 15) is 28.3 Å². The number of aromatic amines is 1. The zero-order chi connectivity index (χ0) is 28.4. The Morgan fingerprint density at radius 1 is 1.18 bits per heavy atom. The quantitative estimate of drug-likeness (QED) is 0.191. The summed E-state index contributed by atoms with van der Waals surface area (Å²) in [5.74, 6) is -5.60. The second kappa shape index (κ2) is 14.2. The fourth-order valence-corrected chi connectivity index (χ4v) is 4.16. The second-order valence-electron chi connectivity index (χ2n) is 9.42. The minimum Gasteiger partial charge on any atom is -0.461 e. The number of nitrogens with one attached hydrogen (secondary N) is 2. The van der Waals surface area contributed by atoms with E-state index in [1.54, 1.807) is 0 Å². The van der Waals surface area contributed by atoms with E-state index in [1.165, 1.54) is 38.2 Å². The average Bonchev–Trinajstić information content (AvgIpc) is 3.49. The number of aliphatic hydroxyl groups is 2. The molecule has 1 saturated heterocycles. The molecule has 1 aliphatic rings. The molecule has 0 unspecified atom stereocenters. The lowest BCUT2D eigenvalue weighted by Gasteiger charge is -2.21. The van der Waals surface area contributed by atoms with Crippen molar-refractivity contribution in [2.45, 2.75) is 89.1 Å². The zero-order valence-electron chi connectivity index (χ0n) is 21.8. The van der Waals surface area contributed by atoms with Gasteiger partial charge in [0.15, 0.2) is 11.8 Å². The molecule has 4 N–H and O–H groups in total. The number of unbranched alkanes of at least 4 members (excludes halogenated alkanes) is 8. The number of alkyl halides is 2. The number of hydrogen-bond donors (Lipinski definition) is 4. The van der Waals surface area contributed by atoms with Gasteiger partial charge in [-0.1, -0.05) is 58.3 Å². The molecule has 39 heavy (non-hydrogen) atoms. The van der Waals surface area contributed by atoms with Gasteiger partial charge in [-0.05, 0) is 12.5 Å². The number of H-pyrrole nitrogens is 1. The molecule has 14 heteroatoms. The van der Waals surface area contributed by atoms with Crippen molar-refractivity contribution >= 4 is 17.7 Å². The predicted octanol–water partition coefficient (Wildman–Crippen LogP) is 2.79. The molecule has 2 aromatic rings. The third-order valence-corrected chi connectivity index (χ3v) is 6.40. The Hall–Kier alpha value is -3.23. The van der Waals surface area contributed by atoms with Crippen molar-refractivity contribution in [2.24, 2.45) is 0 Å². The number of rotatable bonds is 15. The molecule has 216 valence electrons. The fraction of sp³-hybridized carbons (Fsp3) is 0.640. The summed E-state index contributed by atoms with van der Waals surface area (Å²) in [6.07, 6.45) is 4.99. The van der Waals surface area contributed by atoms with Crippen LogP contribution >= 0.6 is 0 Å². The van der Waals surface area contributed by atoms with Gasteiger partial charge in [0.2, 0.25) is 6.23 Å². The first-order valence-electron chi connectivity index (χ1n) is 13.1. The minimum atomic E-state index is -3.86. The minimum absolute atomic E-state index is 0.0999. The van der Waals surface area contributed by atoms with Crippen LogP contribution in [0.15, 0.2) is 23.1 Å². The number of ether oxygens (including phenoxy) is 2. The number of carbonyl (C=O) groups is 2. The van der Waals surface area contributed by atoms with E-state index in [-0.39, 0.29) is 23.8 Å². The molecule has 1 fully saturated rings. The Labute approximate surface area is 223 Å². The molecule has 0 spiro atoms. The zero-order valence-corrected chi connectivity index (χ0v) is 21.8. The molecule has 1 amide bonds. The first kappa shape index (κ1) is 30.3. The average molecular weight is 556 g/mol.